The zero-order valence-electron chi connectivity index (χ0n) is 18.8. The van der Waals surface area contributed by atoms with Gasteiger partial charge in [-0.25, -0.2) is 4.57 Å². The molecule has 4 aromatic rings. The fraction of sp³-hybridized carbons (Fsp3) is 0.360. The molecule has 0 radical (unpaired) electrons. The molecule has 2 aromatic carbocycles. The van der Waals surface area contributed by atoms with E-state index in [1.54, 1.807) is 4.57 Å². The van der Waals surface area contributed by atoms with Gasteiger partial charge >= 0.3 is 0 Å². The Balaban J connectivity index is 1.49. The minimum absolute atomic E-state index is 0.00691. The highest BCUT2D eigenvalue weighted by Gasteiger charge is 2.21. The molecule has 7 nitrogen and oxygen atoms in total. The number of amides is 1. The second-order valence-electron chi connectivity index (χ2n) is 8.92. The molecule has 8 heteroatoms. The van der Waals surface area contributed by atoms with E-state index in [2.05, 4.69) is 22.4 Å². The highest BCUT2D eigenvalue weighted by atomic mass is 32.2. The lowest BCUT2D eigenvalue weighted by Crippen LogP contribution is -2.38. The van der Waals surface area contributed by atoms with Gasteiger partial charge in [0, 0.05) is 6.04 Å². The van der Waals surface area contributed by atoms with Crippen molar-refractivity contribution in [3.05, 3.63) is 64.4 Å². The summed E-state index contributed by atoms with van der Waals surface area (Å²) in [5.41, 5.74) is 2.43. The van der Waals surface area contributed by atoms with Crippen molar-refractivity contribution in [3.8, 4) is 5.69 Å². The Labute approximate surface area is 196 Å². The van der Waals surface area contributed by atoms with Crippen LogP contribution < -0.4 is 10.9 Å². The Hall–Kier alpha value is -3.13. The average Bonchev–Trinajstić information content (AvgIpc) is 3.24. The standard InChI is InChI=1S/C25H27N5O2S/c1-16-7-11-18(12-8-16)26-22(31)15-33-25-28-27-24-29(19-13-9-17(2)10-14-19)23(32)20-5-3-4-6-21(20)30(24)25/h3-6,9-10,13-14,16,18H,7-8,11-12,15H2,1-2H3,(H,26,31). The lowest BCUT2D eigenvalue weighted by Gasteiger charge is -2.26. The highest BCUT2D eigenvalue weighted by molar-refractivity contribution is 7.99. The Morgan fingerprint density at radius 3 is 2.55 bits per heavy atom. The van der Waals surface area contributed by atoms with Gasteiger partial charge in [-0.15, -0.1) is 10.2 Å². The smallest absolute Gasteiger partial charge is 0.267 e. The topological polar surface area (TPSA) is 81.3 Å². The predicted octanol–water partition coefficient (Wildman–Crippen LogP) is 4.13. The predicted molar refractivity (Wildman–Crippen MR) is 131 cm³/mol. The van der Waals surface area contributed by atoms with Gasteiger partial charge in [0.25, 0.3) is 5.56 Å². The van der Waals surface area contributed by atoms with Crippen LogP contribution in [0.1, 0.15) is 38.2 Å². The Morgan fingerprint density at radius 1 is 1.06 bits per heavy atom. The molecule has 1 saturated carbocycles. The van der Waals surface area contributed by atoms with Gasteiger partial charge in [-0.2, -0.15) is 0 Å². The monoisotopic (exact) mass is 461 g/mol. The third kappa shape index (κ3) is 4.27. The van der Waals surface area contributed by atoms with Crippen LogP contribution in [-0.4, -0.2) is 36.9 Å². The van der Waals surface area contributed by atoms with Crippen molar-refractivity contribution in [2.75, 3.05) is 5.75 Å². The maximum atomic E-state index is 13.4. The Bertz CT molecular complexity index is 1370. The molecule has 1 fully saturated rings. The van der Waals surface area contributed by atoms with E-state index in [0.29, 0.717) is 16.3 Å². The van der Waals surface area contributed by atoms with Crippen molar-refractivity contribution in [3.63, 3.8) is 0 Å². The van der Waals surface area contributed by atoms with E-state index in [1.807, 2.05) is 59.9 Å². The van der Waals surface area contributed by atoms with Gasteiger partial charge in [0.1, 0.15) is 0 Å². The summed E-state index contributed by atoms with van der Waals surface area (Å²) >= 11 is 1.34. The van der Waals surface area contributed by atoms with E-state index in [-0.39, 0.29) is 23.3 Å². The summed E-state index contributed by atoms with van der Waals surface area (Å²) in [5, 5.41) is 13.0. The van der Waals surface area contributed by atoms with Crippen LogP contribution in [0.2, 0.25) is 0 Å². The van der Waals surface area contributed by atoms with Crippen molar-refractivity contribution < 1.29 is 4.79 Å². The van der Waals surface area contributed by atoms with E-state index in [0.717, 1.165) is 48.4 Å². The molecule has 0 saturated heterocycles. The first-order chi connectivity index (χ1) is 16.0. The van der Waals surface area contributed by atoms with E-state index in [4.69, 9.17) is 0 Å². The average molecular weight is 462 g/mol. The molecular weight excluding hydrogens is 434 g/mol. The number of thioether (sulfide) groups is 1. The fourth-order valence-electron chi connectivity index (χ4n) is 4.50. The fourth-order valence-corrected chi connectivity index (χ4v) is 5.25. The van der Waals surface area contributed by atoms with E-state index in [9.17, 15) is 9.59 Å². The molecule has 2 aromatic heterocycles. The molecular formula is C25H27N5O2S. The largest absolute Gasteiger partial charge is 0.353 e. The molecule has 0 spiro atoms. The third-order valence-corrected chi connectivity index (χ3v) is 7.33. The van der Waals surface area contributed by atoms with Crippen LogP contribution in [0.5, 0.6) is 0 Å². The molecule has 2 heterocycles. The van der Waals surface area contributed by atoms with E-state index >= 15 is 0 Å². The van der Waals surface area contributed by atoms with Gasteiger partial charge < -0.3 is 5.32 Å². The number of carbonyl (C=O) groups excluding carboxylic acids is 1. The van der Waals surface area contributed by atoms with Crippen molar-refractivity contribution in [2.45, 2.75) is 50.7 Å². The maximum absolute atomic E-state index is 13.4. The number of aryl methyl sites for hydroxylation is 1. The van der Waals surface area contributed by atoms with Crippen LogP contribution in [0.4, 0.5) is 0 Å². The van der Waals surface area contributed by atoms with Gasteiger partial charge in [-0.05, 0) is 62.8 Å². The molecule has 1 aliphatic rings. The molecule has 0 bridgehead atoms. The zero-order chi connectivity index (χ0) is 22.9. The number of carbonyl (C=O) groups is 1. The molecule has 0 aliphatic heterocycles. The minimum Gasteiger partial charge on any atom is -0.353 e. The molecule has 1 aliphatic carbocycles. The number of fused-ring (bicyclic) bond motifs is 3. The summed E-state index contributed by atoms with van der Waals surface area (Å²) in [5.74, 6) is 1.44. The molecule has 0 unspecified atom stereocenters. The summed E-state index contributed by atoms with van der Waals surface area (Å²) in [4.78, 5) is 26.0. The van der Waals surface area contributed by atoms with Crippen LogP contribution in [0.25, 0.3) is 22.4 Å². The van der Waals surface area contributed by atoms with Gasteiger partial charge in [0.2, 0.25) is 11.7 Å². The summed E-state index contributed by atoms with van der Waals surface area (Å²) in [6.45, 7) is 4.28. The first-order valence-corrected chi connectivity index (χ1v) is 12.4. The highest BCUT2D eigenvalue weighted by Crippen LogP contribution is 2.25. The number of nitrogens with zero attached hydrogens (tertiary/aromatic N) is 4. The van der Waals surface area contributed by atoms with Gasteiger partial charge in [0.05, 0.1) is 22.3 Å². The normalized spacial score (nSPS) is 18.6. The number of nitrogens with one attached hydrogen (secondary N) is 1. The second-order valence-corrected chi connectivity index (χ2v) is 9.87. The van der Waals surface area contributed by atoms with Crippen molar-refractivity contribution in [2.24, 2.45) is 5.92 Å². The van der Waals surface area contributed by atoms with Crippen molar-refractivity contribution in [1.29, 1.82) is 0 Å². The van der Waals surface area contributed by atoms with E-state index in [1.165, 1.54) is 11.8 Å². The number of hydrogen-bond acceptors (Lipinski definition) is 5. The van der Waals surface area contributed by atoms with Crippen molar-refractivity contribution in [1.82, 2.24) is 24.5 Å². The van der Waals surface area contributed by atoms with E-state index < -0.39 is 0 Å². The van der Waals surface area contributed by atoms with Crippen molar-refractivity contribution >= 4 is 34.3 Å². The third-order valence-electron chi connectivity index (χ3n) is 6.40. The Kier molecular flexibility index (Phi) is 5.93. The van der Waals surface area contributed by atoms with Gasteiger partial charge in [0.15, 0.2) is 5.16 Å². The lowest BCUT2D eigenvalue weighted by molar-refractivity contribution is -0.119. The molecule has 170 valence electrons. The number of rotatable bonds is 5. The number of benzene rings is 2. The number of aromatic nitrogens is 4. The quantitative estimate of drug-likeness (QED) is 0.452. The van der Waals surface area contributed by atoms with Crippen LogP contribution in [-0.2, 0) is 4.79 Å². The zero-order valence-corrected chi connectivity index (χ0v) is 19.6. The summed E-state index contributed by atoms with van der Waals surface area (Å²) in [7, 11) is 0. The first kappa shape index (κ1) is 21.7. The molecule has 1 N–H and O–H groups in total. The molecule has 1 amide bonds. The van der Waals surface area contributed by atoms with Crippen LogP contribution in [0.15, 0.2) is 58.5 Å². The first-order valence-electron chi connectivity index (χ1n) is 11.4. The van der Waals surface area contributed by atoms with Gasteiger partial charge in [-0.1, -0.05) is 48.5 Å². The number of para-hydroxylation sites is 1. The SMILES string of the molecule is Cc1ccc(-n2c(=O)c3ccccc3n3c(SCC(=O)NC4CCC(C)CC4)nnc23)cc1. The van der Waals surface area contributed by atoms with Crippen LogP contribution in [0, 0.1) is 12.8 Å². The molecule has 33 heavy (non-hydrogen) atoms. The summed E-state index contributed by atoms with van der Waals surface area (Å²) in [6, 6.07) is 15.5. The van der Waals surface area contributed by atoms with Gasteiger partial charge in [-0.3, -0.25) is 14.0 Å². The van der Waals surface area contributed by atoms with Crippen LogP contribution in [0.3, 0.4) is 0 Å². The lowest BCUT2D eigenvalue weighted by atomic mass is 9.87. The summed E-state index contributed by atoms with van der Waals surface area (Å²) < 4.78 is 3.46. The maximum Gasteiger partial charge on any atom is 0.267 e. The second kappa shape index (κ2) is 9.02. The summed E-state index contributed by atoms with van der Waals surface area (Å²) in [6.07, 6.45) is 4.41. The number of hydrogen-bond donors (Lipinski definition) is 1. The minimum atomic E-state index is -0.143. The molecule has 0 atom stereocenters. The van der Waals surface area contributed by atoms with Crippen LogP contribution >= 0.6 is 11.8 Å². The Morgan fingerprint density at radius 2 is 1.79 bits per heavy atom. The molecule has 5 rings (SSSR count).